The summed E-state index contributed by atoms with van der Waals surface area (Å²) < 4.78 is 0. The molecule has 16 heavy (non-hydrogen) atoms. The van der Waals surface area contributed by atoms with Gasteiger partial charge in [0.15, 0.2) is 0 Å². The number of hydrogen-bond donors (Lipinski definition) is 1. The van der Waals surface area contributed by atoms with Crippen LogP contribution in [-0.4, -0.2) is 16.3 Å². The molecular formula is C12H13ClO2S. The third-order valence-corrected chi connectivity index (χ3v) is 4.48. The largest absolute Gasteiger partial charge is 0.481 e. The topological polar surface area (TPSA) is 37.3 Å². The van der Waals surface area contributed by atoms with Gasteiger partial charge in [0.05, 0.1) is 10.9 Å². The Morgan fingerprint density at radius 3 is 2.75 bits per heavy atom. The van der Waals surface area contributed by atoms with Crippen molar-refractivity contribution in [3.63, 3.8) is 0 Å². The molecule has 0 heterocycles. The van der Waals surface area contributed by atoms with Crippen molar-refractivity contribution in [1.29, 1.82) is 0 Å². The summed E-state index contributed by atoms with van der Waals surface area (Å²) in [5, 5.41) is 10.3. The van der Waals surface area contributed by atoms with Gasteiger partial charge in [-0.3, -0.25) is 4.79 Å². The Labute approximate surface area is 104 Å². The lowest BCUT2D eigenvalue weighted by molar-refractivity contribution is -0.138. The number of halogens is 1. The van der Waals surface area contributed by atoms with Crippen LogP contribution >= 0.6 is 23.4 Å². The third-order valence-electron chi connectivity index (χ3n) is 2.64. The van der Waals surface area contributed by atoms with E-state index < -0.39 is 11.9 Å². The molecule has 1 fully saturated rings. The highest BCUT2D eigenvalue weighted by Gasteiger charge is 2.24. The molecule has 1 N–H and O–H groups in total. The van der Waals surface area contributed by atoms with E-state index in [1.54, 1.807) is 24.8 Å². The summed E-state index contributed by atoms with van der Waals surface area (Å²) >= 11 is 7.92. The lowest BCUT2D eigenvalue weighted by Crippen LogP contribution is -2.07. The fourth-order valence-electron chi connectivity index (χ4n) is 1.39. The van der Waals surface area contributed by atoms with Crippen LogP contribution in [0.3, 0.4) is 0 Å². The van der Waals surface area contributed by atoms with Crippen LogP contribution in [0.2, 0.25) is 5.02 Å². The first-order valence-electron chi connectivity index (χ1n) is 5.27. The molecular weight excluding hydrogens is 244 g/mol. The number of thioether (sulfide) groups is 1. The molecule has 1 aliphatic rings. The molecule has 1 atom stereocenters. The minimum atomic E-state index is -0.821. The van der Waals surface area contributed by atoms with Crippen LogP contribution in [0.1, 0.15) is 31.2 Å². The molecule has 86 valence electrons. The summed E-state index contributed by atoms with van der Waals surface area (Å²) in [5.41, 5.74) is 0.762. The quantitative estimate of drug-likeness (QED) is 0.891. The van der Waals surface area contributed by atoms with E-state index >= 15 is 0 Å². The molecule has 2 rings (SSSR count). The van der Waals surface area contributed by atoms with Gasteiger partial charge in [0.25, 0.3) is 0 Å². The van der Waals surface area contributed by atoms with Crippen molar-refractivity contribution >= 4 is 29.3 Å². The SMILES string of the molecule is CC(C(=O)O)c1ccc(SC2CC2)c(Cl)c1. The lowest BCUT2D eigenvalue weighted by Gasteiger charge is -2.09. The standard InChI is InChI=1S/C12H13ClO2S/c1-7(12(14)15)8-2-5-11(10(13)6-8)16-9-3-4-9/h2,5-7,9H,3-4H2,1H3,(H,14,15). The van der Waals surface area contributed by atoms with Gasteiger partial charge in [-0.05, 0) is 37.5 Å². The van der Waals surface area contributed by atoms with Crippen molar-refractivity contribution in [3.8, 4) is 0 Å². The van der Waals surface area contributed by atoms with E-state index in [0.29, 0.717) is 10.3 Å². The van der Waals surface area contributed by atoms with E-state index in [2.05, 4.69) is 0 Å². The first kappa shape index (κ1) is 11.8. The van der Waals surface area contributed by atoms with Crippen molar-refractivity contribution in [2.24, 2.45) is 0 Å². The van der Waals surface area contributed by atoms with Gasteiger partial charge in [-0.2, -0.15) is 0 Å². The van der Waals surface area contributed by atoms with Crippen molar-refractivity contribution in [1.82, 2.24) is 0 Å². The number of carboxylic acid groups (broad SMARTS) is 1. The molecule has 1 aliphatic carbocycles. The zero-order valence-electron chi connectivity index (χ0n) is 8.94. The first-order valence-corrected chi connectivity index (χ1v) is 6.52. The molecule has 0 bridgehead atoms. The summed E-state index contributed by atoms with van der Waals surface area (Å²) in [5.74, 6) is -1.32. The number of carboxylic acids is 1. The molecule has 0 amide bonds. The van der Waals surface area contributed by atoms with Crippen LogP contribution < -0.4 is 0 Å². The predicted molar refractivity (Wildman–Crippen MR) is 66.4 cm³/mol. The predicted octanol–water partition coefficient (Wildman–Crippen LogP) is 3.78. The molecule has 1 aromatic carbocycles. The Bertz CT molecular complexity index is 415. The molecule has 0 spiro atoms. The number of benzene rings is 1. The fraction of sp³-hybridized carbons (Fsp3) is 0.417. The summed E-state index contributed by atoms with van der Waals surface area (Å²) in [4.78, 5) is 11.9. The van der Waals surface area contributed by atoms with E-state index in [1.165, 1.54) is 12.8 Å². The molecule has 0 radical (unpaired) electrons. The van der Waals surface area contributed by atoms with Crippen LogP contribution in [0.25, 0.3) is 0 Å². The summed E-state index contributed by atoms with van der Waals surface area (Å²) in [6, 6.07) is 5.56. The van der Waals surface area contributed by atoms with E-state index in [-0.39, 0.29) is 0 Å². The van der Waals surface area contributed by atoms with Gasteiger partial charge >= 0.3 is 5.97 Å². The second kappa shape index (κ2) is 4.68. The van der Waals surface area contributed by atoms with Gasteiger partial charge in [-0.1, -0.05) is 17.7 Å². The number of carbonyl (C=O) groups is 1. The second-order valence-electron chi connectivity index (χ2n) is 4.07. The average Bonchev–Trinajstić information content (AvgIpc) is 3.03. The maximum Gasteiger partial charge on any atom is 0.310 e. The van der Waals surface area contributed by atoms with Gasteiger partial charge in [-0.15, -0.1) is 11.8 Å². The maximum atomic E-state index is 10.8. The highest BCUT2D eigenvalue weighted by Crippen LogP contribution is 2.42. The van der Waals surface area contributed by atoms with E-state index in [9.17, 15) is 4.79 Å². The molecule has 0 aromatic heterocycles. The van der Waals surface area contributed by atoms with Crippen molar-refractivity contribution in [2.45, 2.75) is 35.8 Å². The number of aliphatic carboxylic acids is 1. The minimum absolute atomic E-state index is 0.502. The zero-order chi connectivity index (χ0) is 11.7. The Hall–Kier alpha value is -0.670. The van der Waals surface area contributed by atoms with Gasteiger partial charge in [0, 0.05) is 10.1 Å². The fourth-order valence-corrected chi connectivity index (χ4v) is 2.76. The normalized spacial score (nSPS) is 17.1. The van der Waals surface area contributed by atoms with Crippen molar-refractivity contribution in [2.75, 3.05) is 0 Å². The van der Waals surface area contributed by atoms with Crippen LogP contribution in [0, 0.1) is 0 Å². The van der Waals surface area contributed by atoms with Crippen LogP contribution in [0.5, 0.6) is 0 Å². The van der Waals surface area contributed by atoms with Gasteiger partial charge in [0.1, 0.15) is 0 Å². The Morgan fingerprint density at radius 1 is 1.56 bits per heavy atom. The molecule has 0 aliphatic heterocycles. The highest BCUT2D eigenvalue weighted by atomic mass is 35.5. The van der Waals surface area contributed by atoms with Gasteiger partial charge < -0.3 is 5.11 Å². The van der Waals surface area contributed by atoms with Crippen LogP contribution in [0.15, 0.2) is 23.1 Å². The Kier molecular flexibility index (Phi) is 3.45. The van der Waals surface area contributed by atoms with E-state index in [4.69, 9.17) is 16.7 Å². The summed E-state index contributed by atoms with van der Waals surface area (Å²) in [6.07, 6.45) is 2.52. The van der Waals surface area contributed by atoms with Gasteiger partial charge in [0.2, 0.25) is 0 Å². The summed E-state index contributed by atoms with van der Waals surface area (Å²) in [7, 11) is 0. The molecule has 4 heteroatoms. The van der Waals surface area contributed by atoms with Crippen molar-refractivity contribution < 1.29 is 9.90 Å². The van der Waals surface area contributed by atoms with Gasteiger partial charge in [-0.25, -0.2) is 0 Å². The summed E-state index contributed by atoms with van der Waals surface area (Å²) in [6.45, 7) is 1.67. The maximum absolute atomic E-state index is 10.8. The molecule has 2 nitrogen and oxygen atoms in total. The molecule has 0 saturated heterocycles. The Morgan fingerprint density at radius 2 is 2.25 bits per heavy atom. The number of rotatable bonds is 4. The number of hydrogen-bond acceptors (Lipinski definition) is 2. The zero-order valence-corrected chi connectivity index (χ0v) is 10.5. The Balaban J connectivity index is 2.17. The first-order chi connectivity index (χ1) is 7.58. The van der Waals surface area contributed by atoms with E-state index in [0.717, 1.165) is 10.5 Å². The molecule has 1 unspecified atom stereocenters. The van der Waals surface area contributed by atoms with Crippen molar-refractivity contribution in [3.05, 3.63) is 28.8 Å². The molecule has 1 saturated carbocycles. The highest BCUT2D eigenvalue weighted by molar-refractivity contribution is 8.00. The monoisotopic (exact) mass is 256 g/mol. The minimum Gasteiger partial charge on any atom is -0.481 e. The smallest absolute Gasteiger partial charge is 0.310 e. The second-order valence-corrected chi connectivity index (χ2v) is 5.82. The average molecular weight is 257 g/mol. The van der Waals surface area contributed by atoms with Crippen LogP contribution in [-0.2, 0) is 4.79 Å². The lowest BCUT2D eigenvalue weighted by atomic mass is 10.0. The third kappa shape index (κ3) is 2.71. The van der Waals surface area contributed by atoms with Crippen LogP contribution in [0.4, 0.5) is 0 Å². The van der Waals surface area contributed by atoms with E-state index in [1.807, 2.05) is 12.1 Å². The molecule has 1 aromatic rings.